The molecule has 17 nitrogen and oxygen atoms in total. The van der Waals surface area contributed by atoms with Crippen LogP contribution >= 0.6 is 15.6 Å². The molecule has 0 aromatic rings. The monoisotopic (exact) mass is 1490 g/mol. The first-order chi connectivity index (χ1) is 50.7. The Morgan fingerprint density at radius 3 is 0.808 bits per heavy atom. The number of aliphatic hydroxyl groups excluding tert-OH is 1. The molecule has 590 valence electrons. The molecule has 0 radical (unpaired) electrons. The van der Waals surface area contributed by atoms with Crippen LogP contribution in [-0.4, -0.2) is 96.7 Å². The van der Waals surface area contributed by atoms with Crippen molar-refractivity contribution in [1.82, 2.24) is 0 Å². The van der Waals surface area contributed by atoms with E-state index in [9.17, 15) is 43.2 Å². The van der Waals surface area contributed by atoms with Crippen molar-refractivity contribution in [3.05, 3.63) is 170 Å². The smallest absolute Gasteiger partial charge is 0.462 e. The summed E-state index contributed by atoms with van der Waals surface area (Å²) in [4.78, 5) is 73.0. The molecule has 0 heterocycles. The molecule has 5 atom stereocenters. The summed E-state index contributed by atoms with van der Waals surface area (Å²) in [7, 11) is -10.0. The van der Waals surface area contributed by atoms with Gasteiger partial charge in [0.2, 0.25) is 0 Å². The minimum absolute atomic E-state index is 0.0557. The van der Waals surface area contributed by atoms with E-state index in [1.54, 1.807) is 0 Å². The highest BCUT2D eigenvalue weighted by Crippen LogP contribution is 2.45. The Labute approximate surface area is 629 Å². The lowest BCUT2D eigenvalue weighted by Gasteiger charge is -2.21. The van der Waals surface area contributed by atoms with Crippen LogP contribution in [0.3, 0.4) is 0 Å². The van der Waals surface area contributed by atoms with Crippen molar-refractivity contribution in [2.75, 3.05) is 39.6 Å². The van der Waals surface area contributed by atoms with Gasteiger partial charge in [-0.15, -0.1) is 0 Å². The van der Waals surface area contributed by atoms with Crippen LogP contribution < -0.4 is 0 Å². The zero-order chi connectivity index (χ0) is 76.0. The summed E-state index contributed by atoms with van der Waals surface area (Å²) in [5.41, 5.74) is 0. The standard InChI is InChI=1S/C85H138O17P2/c1-5-9-13-17-21-25-29-33-37-39-43-45-49-53-57-61-65-69-82(87)95-75-80(101-84(89)71-67-63-59-55-51-47-41-35-31-27-23-19-15-11-7-3)77-99-103(91,92)97-73-79(86)74-98-104(93,94)100-78-81(102-85(90)72-68-64-60-56-52-48-42-36-32-28-24-20-16-12-8-4)76-96-83(88)70-66-62-58-54-50-46-44-40-38-34-30-26-22-18-14-10-6-2/h9-11,13-15,21-23,25-27,33-38,41-46,53-54,57-58,79-81,86H,5-8,12,16-20,24,28-32,39-40,47-52,55-56,59-78H2,1-4H3,(H,91,92)(H,93,94)/b13-9-,14-10-,15-11-,25-21-,26-22-,27-23-,37-33-,38-34-,41-35-,42-36-,45-43-,46-44-,57-53-,58-54-. The molecule has 3 N–H and O–H groups in total. The predicted octanol–water partition coefficient (Wildman–Crippen LogP) is 23.0. The van der Waals surface area contributed by atoms with Gasteiger partial charge in [-0.25, -0.2) is 9.13 Å². The molecule has 0 fully saturated rings. The number of unbranched alkanes of at least 4 members (excludes halogenated alkanes) is 18. The molecule has 0 aliphatic rings. The molecule has 104 heavy (non-hydrogen) atoms. The van der Waals surface area contributed by atoms with E-state index in [0.717, 1.165) is 154 Å². The van der Waals surface area contributed by atoms with E-state index in [4.69, 9.17) is 37.0 Å². The minimum Gasteiger partial charge on any atom is -0.462 e. The molecule has 0 saturated heterocycles. The van der Waals surface area contributed by atoms with Crippen LogP contribution in [0, 0.1) is 0 Å². The highest BCUT2D eigenvalue weighted by molar-refractivity contribution is 7.47. The molecule has 0 aromatic heterocycles. The van der Waals surface area contributed by atoms with E-state index in [2.05, 4.69) is 174 Å². The average Bonchev–Trinajstić information content (AvgIpc) is 0.937. The molecule has 0 aliphatic heterocycles. The second kappa shape index (κ2) is 75.6. The highest BCUT2D eigenvalue weighted by atomic mass is 31.2. The average molecular weight is 1490 g/mol. The fraction of sp³-hybridized carbons (Fsp3) is 0.624. The van der Waals surface area contributed by atoms with Gasteiger partial charge in [0.1, 0.15) is 19.3 Å². The Hall–Kier alpha value is -5.58. The Morgan fingerprint density at radius 2 is 0.510 bits per heavy atom. The maximum atomic E-state index is 13.1. The van der Waals surface area contributed by atoms with Gasteiger partial charge in [0.15, 0.2) is 12.2 Å². The summed E-state index contributed by atoms with van der Waals surface area (Å²) in [6.45, 7) is 4.35. The zero-order valence-electron chi connectivity index (χ0n) is 64.4. The van der Waals surface area contributed by atoms with E-state index in [0.29, 0.717) is 38.5 Å². The van der Waals surface area contributed by atoms with Crippen molar-refractivity contribution in [3.63, 3.8) is 0 Å². The van der Waals surface area contributed by atoms with Crippen molar-refractivity contribution in [2.45, 2.75) is 303 Å². The lowest BCUT2D eigenvalue weighted by Crippen LogP contribution is -2.30. The number of carbonyl (C=O) groups is 4. The normalized spacial score (nSPS) is 14.8. The molecule has 0 rings (SSSR count). The first-order valence-corrected chi connectivity index (χ1v) is 42.4. The predicted molar refractivity (Wildman–Crippen MR) is 426 cm³/mol. The number of rotatable bonds is 72. The molecule has 0 saturated carbocycles. The van der Waals surface area contributed by atoms with Crippen LogP contribution in [0.4, 0.5) is 0 Å². The molecule has 5 unspecified atom stereocenters. The zero-order valence-corrected chi connectivity index (χ0v) is 66.2. The number of carbonyl (C=O) groups excluding carboxylic acids is 4. The lowest BCUT2D eigenvalue weighted by molar-refractivity contribution is -0.161. The quantitative estimate of drug-likeness (QED) is 0.0169. The molecule has 0 spiro atoms. The lowest BCUT2D eigenvalue weighted by atomic mass is 10.1. The molecule has 0 bridgehead atoms. The molecule has 0 aromatic carbocycles. The van der Waals surface area contributed by atoms with Crippen LogP contribution in [0.5, 0.6) is 0 Å². The Balaban J connectivity index is 5.50. The second-order valence-electron chi connectivity index (χ2n) is 25.5. The minimum atomic E-state index is -5.01. The number of ether oxygens (including phenoxy) is 4. The first kappa shape index (κ1) is 98.4. The number of aliphatic hydroxyl groups is 1. The third-order valence-electron chi connectivity index (χ3n) is 15.7. The van der Waals surface area contributed by atoms with Gasteiger partial charge in [0, 0.05) is 25.7 Å². The van der Waals surface area contributed by atoms with E-state index in [1.165, 1.54) is 38.5 Å². The number of phosphoric ester groups is 2. The molecular formula is C85H138O17P2. The topological polar surface area (TPSA) is 237 Å². The summed E-state index contributed by atoms with van der Waals surface area (Å²) < 4.78 is 68.5. The summed E-state index contributed by atoms with van der Waals surface area (Å²) in [6, 6.07) is 0. The SMILES string of the molecule is CC/C=C\C/C=C\C/C=C\C/C=C\C/C=C\CCCC(=O)OCC(COP(=O)(O)OCC(O)COP(=O)(O)OCC(COC(=O)CCC/C=C\C/C=C\C/C=C\C/C=C\C/C=C\CC)OC(=O)CCCCCCC/C=C\CCCCCCCC)OC(=O)CCCCCCC/C=C\C/C=C\C/C=C\CC. The summed E-state index contributed by atoms with van der Waals surface area (Å²) in [5, 5.41) is 10.6. The van der Waals surface area contributed by atoms with Crippen molar-refractivity contribution in [3.8, 4) is 0 Å². The van der Waals surface area contributed by atoms with E-state index in [-0.39, 0.29) is 25.7 Å². The van der Waals surface area contributed by atoms with Gasteiger partial charge in [0.05, 0.1) is 26.4 Å². The Kier molecular flexibility index (Phi) is 71.6. The van der Waals surface area contributed by atoms with E-state index >= 15 is 0 Å². The van der Waals surface area contributed by atoms with Crippen LogP contribution in [0.1, 0.15) is 285 Å². The van der Waals surface area contributed by atoms with Crippen molar-refractivity contribution in [2.24, 2.45) is 0 Å². The Bertz CT molecular complexity index is 2640. The number of allylic oxidation sites excluding steroid dienone is 28. The van der Waals surface area contributed by atoms with Gasteiger partial charge >= 0.3 is 39.5 Å². The molecule has 0 amide bonds. The fourth-order valence-corrected chi connectivity index (χ4v) is 11.3. The van der Waals surface area contributed by atoms with Gasteiger partial charge in [-0.2, -0.15) is 0 Å². The summed E-state index contributed by atoms with van der Waals surface area (Å²) in [5.74, 6) is -2.35. The second-order valence-corrected chi connectivity index (χ2v) is 28.4. The van der Waals surface area contributed by atoms with Gasteiger partial charge in [0.25, 0.3) is 0 Å². The number of phosphoric acid groups is 2. The number of hydrogen-bond acceptors (Lipinski definition) is 15. The van der Waals surface area contributed by atoms with Crippen molar-refractivity contribution >= 4 is 39.5 Å². The molecule has 19 heteroatoms. The summed E-state index contributed by atoms with van der Waals surface area (Å²) >= 11 is 0. The van der Waals surface area contributed by atoms with Crippen molar-refractivity contribution < 1.29 is 80.2 Å². The number of esters is 4. The van der Waals surface area contributed by atoms with Crippen LogP contribution in [0.15, 0.2) is 170 Å². The maximum Gasteiger partial charge on any atom is 0.472 e. The van der Waals surface area contributed by atoms with E-state index < -0.39 is 97.5 Å². The third kappa shape index (κ3) is 74.7. The third-order valence-corrected chi connectivity index (χ3v) is 17.6. The van der Waals surface area contributed by atoms with Crippen molar-refractivity contribution in [1.29, 1.82) is 0 Å². The van der Waals surface area contributed by atoms with Crippen LogP contribution in [0.25, 0.3) is 0 Å². The largest absolute Gasteiger partial charge is 0.472 e. The first-order valence-electron chi connectivity index (χ1n) is 39.4. The van der Waals surface area contributed by atoms with Gasteiger partial charge in [-0.05, 0) is 161 Å². The van der Waals surface area contributed by atoms with Gasteiger partial charge in [-0.1, -0.05) is 268 Å². The fourth-order valence-electron chi connectivity index (χ4n) is 9.77. The van der Waals surface area contributed by atoms with Gasteiger partial charge in [-0.3, -0.25) is 37.3 Å². The Morgan fingerprint density at radius 1 is 0.279 bits per heavy atom. The van der Waals surface area contributed by atoms with Gasteiger partial charge < -0.3 is 33.8 Å². The van der Waals surface area contributed by atoms with Crippen LogP contribution in [0.2, 0.25) is 0 Å². The molecular weight excluding hydrogens is 1350 g/mol. The maximum absolute atomic E-state index is 13.1. The van der Waals surface area contributed by atoms with E-state index in [1.807, 2.05) is 24.3 Å². The summed E-state index contributed by atoms with van der Waals surface area (Å²) in [6.07, 6.45) is 89.2. The van der Waals surface area contributed by atoms with Crippen LogP contribution in [-0.2, 0) is 65.4 Å². The number of hydrogen-bond donors (Lipinski definition) is 3. The molecule has 0 aliphatic carbocycles. The highest BCUT2D eigenvalue weighted by Gasteiger charge is 2.30.